The number of aromatic nitrogens is 1. The van der Waals surface area contributed by atoms with Crippen molar-refractivity contribution in [1.29, 1.82) is 0 Å². The molecule has 3 N–H and O–H groups in total. The molecule has 12 nitrogen and oxygen atoms in total. The number of nitrogens with zero attached hydrogens (tertiary/aromatic N) is 2. The molecule has 274 valence electrons. The summed E-state index contributed by atoms with van der Waals surface area (Å²) in [6.45, 7) is 11.7. The summed E-state index contributed by atoms with van der Waals surface area (Å²) in [5.41, 5.74) is 3.96. The van der Waals surface area contributed by atoms with Crippen molar-refractivity contribution in [3.05, 3.63) is 47.7 Å². The number of ether oxygens (including phenoxy) is 2. The number of carbonyl (C=O) groups excluding carboxylic acids is 5. The third-order valence-electron chi connectivity index (χ3n) is 8.40. The van der Waals surface area contributed by atoms with Crippen LogP contribution in [-0.2, 0) is 33.4 Å². The van der Waals surface area contributed by atoms with Crippen LogP contribution in [-0.4, -0.2) is 74.7 Å². The smallest absolute Gasteiger partial charge is 0.325 e. The van der Waals surface area contributed by atoms with Crippen LogP contribution in [0.15, 0.2) is 36.4 Å². The van der Waals surface area contributed by atoms with Gasteiger partial charge < -0.3 is 20.1 Å². The van der Waals surface area contributed by atoms with Crippen molar-refractivity contribution in [2.75, 3.05) is 13.2 Å². The molecule has 0 radical (unpaired) electrons. The van der Waals surface area contributed by atoms with Crippen LogP contribution >= 0.6 is 34.8 Å². The molecule has 0 saturated carbocycles. The van der Waals surface area contributed by atoms with Gasteiger partial charge in [-0.25, -0.2) is 10.4 Å². The van der Waals surface area contributed by atoms with Crippen LogP contribution in [0.25, 0.3) is 17.0 Å². The Morgan fingerprint density at radius 2 is 1.76 bits per heavy atom. The van der Waals surface area contributed by atoms with E-state index in [0.29, 0.717) is 37.0 Å². The van der Waals surface area contributed by atoms with Crippen LogP contribution in [0.1, 0.15) is 85.1 Å². The van der Waals surface area contributed by atoms with Crippen molar-refractivity contribution in [3.8, 4) is 0 Å². The van der Waals surface area contributed by atoms with Crippen LogP contribution < -0.4 is 16.1 Å². The number of halogens is 3. The number of esters is 2. The van der Waals surface area contributed by atoms with Gasteiger partial charge in [0.2, 0.25) is 15.6 Å². The van der Waals surface area contributed by atoms with Crippen LogP contribution in [0.2, 0.25) is 0 Å². The number of hydrogen-bond donors (Lipinski definition) is 3. The van der Waals surface area contributed by atoms with E-state index in [2.05, 4.69) is 21.0 Å². The molecule has 3 rings (SSSR count). The summed E-state index contributed by atoms with van der Waals surface area (Å²) in [5.74, 6) is -2.66. The summed E-state index contributed by atoms with van der Waals surface area (Å²) in [5, 5.41) is 7.79. The van der Waals surface area contributed by atoms with E-state index in [4.69, 9.17) is 44.3 Å². The van der Waals surface area contributed by atoms with E-state index in [-0.39, 0.29) is 11.8 Å². The van der Waals surface area contributed by atoms with Crippen molar-refractivity contribution < 1.29 is 33.4 Å². The van der Waals surface area contributed by atoms with Crippen molar-refractivity contribution in [3.63, 3.8) is 0 Å². The number of amides is 3. The molecule has 1 aromatic carbocycles. The van der Waals surface area contributed by atoms with Crippen molar-refractivity contribution in [2.45, 2.75) is 95.8 Å². The molecular weight excluding hydrogens is 709 g/mol. The molecule has 15 heteroatoms. The molecule has 5 atom stereocenters. The standard InChI is InChI=1S/C35H46Cl3N5O7/c1-8-20(2)29(30(45)39-21(3)31(46)43-17-9-10-27(42-43)32(47)49-19-35(36,37)38)41-33(48)34(6,7)16-15-24-11-12-25-13-14-26(40-28(25)18-24)22(4)50-23(5)44/h11-16,18,20-22,27,29,42H,8-10,17,19H2,1-7H3,(H,39,45)(H,41,48)/t20-,21-,22+,27-,29-/m0/s1. The summed E-state index contributed by atoms with van der Waals surface area (Å²) in [6, 6.07) is 6.70. The van der Waals surface area contributed by atoms with E-state index < -0.39 is 63.8 Å². The first kappa shape index (κ1) is 41.0. The highest BCUT2D eigenvalue weighted by Gasteiger charge is 2.36. The van der Waals surface area contributed by atoms with Crippen molar-refractivity contribution in [1.82, 2.24) is 26.1 Å². The van der Waals surface area contributed by atoms with Gasteiger partial charge in [0, 0.05) is 18.9 Å². The lowest BCUT2D eigenvalue weighted by Gasteiger charge is -2.35. The summed E-state index contributed by atoms with van der Waals surface area (Å²) in [4.78, 5) is 68.8. The average molecular weight is 755 g/mol. The van der Waals surface area contributed by atoms with E-state index >= 15 is 0 Å². The van der Waals surface area contributed by atoms with E-state index in [1.54, 1.807) is 26.8 Å². The highest BCUT2D eigenvalue weighted by atomic mass is 35.6. The normalized spacial score (nSPS) is 17.8. The van der Waals surface area contributed by atoms with Crippen LogP contribution in [0.4, 0.5) is 0 Å². The zero-order valence-corrected chi connectivity index (χ0v) is 31.6. The lowest BCUT2D eigenvalue weighted by atomic mass is 9.89. The van der Waals surface area contributed by atoms with Gasteiger partial charge in [0.1, 0.15) is 30.8 Å². The molecule has 2 heterocycles. The Morgan fingerprint density at radius 1 is 1.08 bits per heavy atom. The summed E-state index contributed by atoms with van der Waals surface area (Å²) in [7, 11) is 0. The molecule has 1 aliphatic heterocycles. The second kappa shape index (κ2) is 17.7. The first-order valence-electron chi connectivity index (χ1n) is 16.5. The van der Waals surface area contributed by atoms with Gasteiger partial charge in [0.05, 0.1) is 16.6 Å². The highest BCUT2D eigenvalue weighted by Crippen LogP contribution is 2.27. The molecule has 3 amide bonds. The van der Waals surface area contributed by atoms with E-state index in [0.717, 1.165) is 10.9 Å². The monoisotopic (exact) mass is 753 g/mol. The van der Waals surface area contributed by atoms with Gasteiger partial charge in [-0.3, -0.25) is 29.0 Å². The van der Waals surface area contributed by atoms with E-state index in [9.17, 15) is 24.0 Å². The van der Waals surface area contributed by atoms with Crippen molar-refractivity contribution >= 4 is 81.4 Å². The van der Waals surface area contributed by atoms with Gasteiger partial charge in [0.25, 0.3) is 5.91 Å². The molecule has 1 aromatic heterocycles. The molecule has 0 unspecified atom stereocenters. The first-order valence-corrected chi connectivity index (χ1v) is 17.6. The van der Waals surface area contributed by atoms with Crippen LogP contribution in [0, 0.1) is 11.3 Å². The van der Waals surface area contributed by atoms with Crippen molar-refractivity contribution in [2.24, 2.45) is 11.3 Å². The number of alkyl halides is 3. The topological polar surface area (TPSA) is 156 Å². The lowest BCUT2D eigenvalue weighted by Crippen LogP contribution is -2.61. The van der Waals surface area contributed by atoms with Gasteiger partial charge in [0.15, 0.2) is 0 Å². The van der Waals surface area contributed by atoms with Crippen LogP contribution in [0.3, 0.4) is 0 Å². The fourth-order valence-corrected chi connectivity index (χ4v) is 5.33. The second-order valence-electron chi connectivity index (χ2n) is 13.1. The third kappa shape index (κ3) is 11.8. The van der Waals surface area contributed by atoms with Gasteiger partial charge in [-0.05, 0) is 64.2 Å². The number of nitrogens with one attached hydrogen (secondary N) is 3. The Morgan fingerprint density at radius 3 is 2.40 bits per heavy atom. The molecular formula is C35H46Cl3N5O7. The second-order valence-corrected chi connectivity index (χ2v) is 15.6. The van der Waals surface area contributed by atoms with Gasteiger partial charge in [-0.15, -0.1) is 0 Å². The summed E-state index contributed by atoms with van der Waals surface area (Å²) < 4.78 is 8.54. The predicted molar refractivity (Wildman–Crippen MR) is 193 cm³/mol. The SMILES string of the molecule is CC[C@H](C)[C@H](NC(=O)C(C)(C)C=Cc1ccc2ccc([C@@H](C)OC(C)=O)nc2c1)C(=O)N[C@@H](C)C(=O)N1CCC[C@@H](C(=O)OCC(Cl)(Cl)Cl)N1. The molecule has 1 fully saturated rings. The number of fused-ring (bicyclic) bond motifs is 1. The quantitative estimate of drug-likeness (QED) is 0.182. The minimum absolute atomic E-state index is 0.249. The van der Waals surface area contributed by atoms with Gasteiger partial charge >= 0.3 is 11.9 Å². The Balaban J connectivity index is 1.66. The molecule has 0 bridgehead atoms. The maximum atomic E-state index is 13.6. The van der Waals surface area contributed by atoms with Gasteiger partial charge in [-0.2, -0.15) is 0 Å². The largest absolute Gasteiger partial charge is 0.460 e. The minimum Gasteiger partial charge on any atom is -0.460 e. The number of hydrogen-bond acceptors (Lipinski definition) is 9. The summed E-state index contributed by atoms with van der Waals surface area (Å²) >= 11 is 17.0. The fourth-order valence-electron chi connectivity index (χ4n) is 5.17. The maximum absolute atomic E-state index is 13.6. The van der Waals surface area contributed by atoms with E-state index in [1.165, 1.54) is 18.9 Å². The molecule has 0 spiro atoms. The molecule has 1 aliphatic rings. The molecule has 2 aromatic rings. The Bertz CT molecular complexity index is 1600. The molecule has 0 aliphatic carbocycles. The highest BCUT2D eigenvalue weighted by molar-refractivity contribution is 6.67. The minimum atomic E-state index is -1.76. The van der Waals surface area contributed by atoms with Crippen LogP contribution in [0.5, 0.6) is 0 Å². The Kier molecular flexibility index (Phi) is 14.5. The van der Waals surface area contributed by atoms with E-state index in [1.807, 2.05) is 50.3 Å². The Hall–Kier alpha value is -3.45. The zero-order chi connectivity index (χ0) is 37.4. The summed E-state index contributed by atoms with van der Waals surface area (Å²) in [6.07, 6.45) is 4.57. The fraction of sp³-hybridized carbons (Fsp3) is 0.543. The van der Waals surface area contributed by atoms with Gasteiger partial charge in [-0.1, -0.05) is 85.4 Å². The predicted octanol–water partition coefficient (Wildman–Crippen LogP) is 5.34. The third-order valence-corrected chi connectivity index (χ3v) is 8.73. The lowest BCUT2D eigenvalue weighted by molar-refractivity contribution is -0.153. The zero-order valence-electron chi connectivity index (χ0n) is 29.3. The number of carbonyl (C=O) groups is 5. The Labute approximate surface area is 307 Å². The number of pyridine rings is 1. The average Bonchev–Trinajstić information content (AvgIpc) is 3.06. The number of hydrazine groups is 1. The number of rotatable bonds is 13. The molecule has 50 heavy (non-hydrogen) atoms. The number of benzene rings is 1. The first-order chi connectivity index (χ1) is 23.3. The molecule has 1 saturated heterocycles. The maximum Gasteiger partial charge on any atom is 0.325 e.